The van der Waals surface area contributed by atoms with Gasteiger partial charge in [-0.2, -0.15) is 0 Å². The quantitative estimate of drug-likeness (QED) is 0.704. The van der Waals surface area contributed by atoms with Crippen LogP contribution in [0.4, 0.5) is 0 Å². The van der Waals surface area contributed by atoms with Gasteiger partial charge in [-0.3, -0.25) is 9.36 Å². The van der Waals surface area contributed by atoms with E-state index in [9.17, 15) is 4.79 Å². The van der Waals surface area contributed by atoms with E-state index in [1.165, 1.54) is 11.1 Å². The van der Waals surface area contributed by atoms with Crippen LogP contribution >= 0.6 is 0 Å². The largest absolute Gasteiger partial charge is 0.290 e. The Kier molecular flexibility index (Phi) is 4.31. The monoisotopic (exact) mass is 337 g/mol. The highest BCUT2D eigenvalue weighted by molar-refractivity contribution is 5.65. The number of aromatic nitrogens is 3. The zero-order valence-electron chi connectivity index (χ0n) is 16.3. The number of benzene rings is 1. The van der Waals surface area contributed by atoms with E-state index in [0.717, 1.165) is 28.2 Å². The van der Waals surface area contributed by atoms with Crippen molar-refractivity contribution in [2.24, 2.45) is 0 Å². The summed E-state index contributed by atoms with van der Waals surface area (Å²) < 4.78 is 3.63. The lowest BCUT2D eigenvalue weighted by atomic mass is 10.00. The van der Waals surface area contributed by atoms with Crippen molar-refractivity contribution in [3.8, 4) is 11.4 Å². The molecule has 0 atom stereocenters. The minimum Gasteiger partial charge on any atom is -0.290 e. The molecule has 0 radical (unpaired) electrons. The predicted octanol–water partition coefficient (Wildman–Crippen LogP) is 4.54. The third-order valence-corrected chi connectivity index (χ3v) is 5.10. The number of hydrogen-bond donors (Lipinski definition) is 0. The van der Waals surface area contributed by atoms with Gasteiger partial charge in [0.25, 0.3) is 5.56 Å². The average Bonchev–Trinajstić information content (AvgIpc) is 2.88. The van der Waals surface area contributed by atoms with Crippen molar-refractivity contribution in [3.63, 3.8) is 0 Å². The van der Waals surface area contributed by atoms with Crippen molar-refractivity contribution in [1.82, 2.24) is 14.2 Å². The lowest BCUT2D eigenvalue weighted by Crippen LogP contribution is -2.26. The first-order valence-corrected chi connectivity index (χ1v) is 8.97. The average molecular weight is 337 g/mol. The molecule has 0 amide bonds. The molecule has 4 heteroatoms. The van der Waals surface area contributed by atoms with E-state index in [1.54, 1.807) is 4.57 Å². The van der Waals surface area contributed by atoms with Crippen LogP contribution in [0.3, 0.4) is 0 Å². The summed E-state index contributed by atoms with van der Waals surface area (Å²) in [4.78, 5) is 13.3. The Morgan fingerprint density at radius 3 is 2.24 bits per heavy atom. The first-order valence-electron chi connectivity index (χ1n) is 8.97. The molecule has 1 aromatic carbocycles. The highest BCUT2D eigenvalue weighted by Crippen LogP contribution is 2.27. The van der Waals surface area contributed by atoms with Gasteiger partial charge >= 0.3 is 0 Å². The molecule has 0 spiro atoms. The summed E-state index contributed by atoms with van der Waals surface area (Å²) in [7, 11) is 0. The lowest BCUT2D eigenvalue weighted by molar-refractivity contribution is 0.686. The van der Waals surface area contributed by atoms with Gasteiger partial charge in [-0.25, -0.2) is 4.52 Å². The van der Waals surface area contributed by atoms with Gasteiger partial charge in [0.1, 0.15) is 5.52 Å². The summed E-state index contributed by atoms with van der Waals surface area (Å²) in [5.41, 5.74) is 7.47. The van der Waals surface area contributed by atoms with Gasteiger partial charge in [-0.15, -0.1) is 5.10 Å². The van der Waals surface area contributed by atoms with Gasteiger partial charge in [0.2, 0.25) is 0 Å². The molecule has 0 aliphatic rings. The zero-order chi connectivity index (χ0) is 18.5. The minimum atomic E-state index is 0.0435. The second-order valence-corrected chi connectivity index (χ2v) is 7.28. The van der Waals surface area contributed by atoms with Crippen molar-refractivity contribution >= 4 is 5.52 Å². The highest BCUT2D eigenvalue weighted by atomic mass is 16.1. The van der Waals surface area contributed by atoms with E-state index in [-0.39, 0.29) is 11.5 Å². The van der Waals surface area contributed by atoms with E-state index in [4.69, 9.17) is 5.10 Å². The Bertz CT molecular complexity index is 1020. The molecule has 2 heterocycles. The van der Waals surface area contributed by atoms with Crippen molar-refractivity contribution in [1.29, 1.82) is 0 Å². The van der Waals surface area contributed by atoms with Crippen molar-refractivity contribution in [3.05, 3.63) is 56.5 Å². The molecule has 2 aromatic heterocycles. The van der Waals surface area contributed by atoms with Crippen molar-refractivity contribution in [2.75, 3.05) is 0 Å². The molecule has 25 heavy (non-hydrogen) atoms. The smallest absolute Gasteiger partial charge is 0.278 e. The molecule has 0 aliphatic heterocycles. The fourth-order valence-corrected chi connectivity index (χ4v) is 3.50. The summed E-state index contributed by atoms with van der Waals surface area (Å²) >= 11 is 0. The molecule has 0 N–H and O–H groups in total. The Labute approximate surface area is 149 Å². The summed E-state index contributed by atoms with van der Waals surface area (Å²) in [5.74, 6) is 1.03. The normalized spacial score (nSPS) is 11.7. The van der Waals surface area contributed by atoms with Crippen LogP contribution in [-0.2, 0) is 6.54 Å². The Morgan fingerprint density at radius 2 is 1.64 bits per heavy atom. The maximum Gasteiger partial charge on any atom is 0.278 e. The van der Waals surface area contributed by atoms with Gasteiger partial charge in [-0.1, -0.05) is 19.9 Å². The van der Waals surface area contributed by atoms with Crippen LogP contribution in [0.5, 0.6) is 0 Å². The Balaban J connectivity index is 2.44. The van der Waals surface area contributed by atoms with Crippen LogP contribution in [-0.4, -0.2) is 14.2 Å². The van der Waals surface area contributed by atoms with Crippen LogP contribution in [0, 0.1) is 27.7 Å². The van der Waals surface area contributed by atoms with Gasteiger partial charge in [0, 0.05) is 17.8 Å². The molecule has 0 aliphatic carbocycles. The van der Waals surface area contributed by atoms with Crippen molar-refractivity contribution in [2.45, 2.75) is 60.9 Å². The van der Waals surface area contributed by atoms with Crippen LogP contribution in [0.15, 0.2) is 23.0 Å². The molecule has 132 valence electrons. The number of fused-ring (bicyclic) bond motifs is 1. The molecule has 0 unspecified atom stereocenters. The third-order valence-electron chi connectivity index (χ3n) is 5.10. The molecule has 0 saturated heterocycles. The van der Waals surface area contributed by atoms with E-state index in [0.29, 0.717) is 12.1 Å². The Morgan fingerprint density at radius 1 is 1.00 bits per heavy atom. The number of nitrogens with zero attached hydrogens (tertiary/aromatic N) is 3. The van der Waals surface area contributed by atoms with Gasteiger partial charge in [0.05, 0.1) is 0 Å². The fraction of sp³-hybridized carbons (Fsp3) is 0.429. The number of aryl methyl sites for hydroxylation is 4. The maximum atomic E-state index is 13.3. The van der Waals surface area contributed by atoms with Gasteiger partial charge in [-0.05, 0) is 74.9 Å². The molecular formula is C21H27N3O. The van der Waals surface area contributed by atoms with E-state index >= 15 is 0 Å². The molecule has 3 rings (SSSR count). The van der Waals surface area contributed by atoms with E-state index in [2.05, 4.69) is 52.8 Å². The summed E-state index contributed by atoms with van der Waals surface area (Å²) in [5, 5.41) is 4.89. The van der Waals surface area contributed by atoms with Crippen LogP contribution in [0.25, 0.3) is 16.9 Å². The highest BCUT2D eigenvalue weighted by Gasteiger charge is 2.20. The topological polar surface area (TPSA) is 39.3 Å². The number of rotatable bonds is 3. The van der Waals surface area contributed by atoms with Crippen LogP contribution < -0.4 is 5.56 Å². The summed E-state index contributed by atoms with van der Waals surface area (Å²) in [6.07, 6.45) is 0. The van der Waals surface area contributed by atoms with Crippen molar-refractivity contribution < 1.29 is 0 Å². The van der Waals surface area contributed by atoms with E-state index < -0.39 is 0 Å². The Hall–Kier alpha value is -2.36. The van der Waals surface area contributed by atoms with E-state index in [1.807, 2.05) is 18.4 Å². The fourth-order valence-electron chi connectivity index (χ4n) is 3.50. The minimum absolute atomic E-state index is 0.0435. The summed E-state index contributed by atoms with van der Waals surface area (Å²) in [6.45, 7) is 15.1. The van der Waals surface area contributed by atoms with Crippen LogP contribution in [0.1, 0.15) is 54.6 Å². The second-order valence-electron chi connectivity index (χ2n) is 7.28. The maximum absolute atomic E-state index is 13.3. The molecule has 4 nitrogen and oxygen atoms in total. The van der Waals surface area contributed by atoms with Crippen LogP contribution in [0.2, 0.25) is 0 Å². The first kappa shape index (κ1) is 17.5. The summed E-state index contributed by atoms with van der Waals surface area (Å²) in [6, 6.07) is 6.40. The van der Waals surface area contributed by atoms with Gasteiger partial charge < -0.3 is 0 Å². The molecule has 0 saturated carbocycles. The third kappa shape index (κ3) is 2.70. The molecule has 0 fully saturated rings. The standard InChI is InChI=1S/C21H27N3O/c1-8-23-20(18-10-14(5)13(4)9-15(18)6)22-24-16(7)11-17(12(2)3)19(24)21(23)25/h9-12H,8H2,1-7H3. The predicted molar refractivity (Wildman–Crippen MR) is 104 cm³/mol. The zero-order valence-corrected chi connectivity index (χ0v) is 16.3. The molecule has 0 bridgehead atoms. The number of hydrogen-bond acceptors (Lipinski definition) is 2. The lowest BCUT2D eigenvalue weighted by Gasteiger charge is -2.16. The molecule has 3 aromatic rings. The molecular weight excluding hydrogens is 310 g/mol. The van der Waals surface area contributed by atoms with Gasteiger partial charge in [0.15, 0.2) is 5.82 Å². The first-order chi connectivity index (χ1) is 11.8. The second kappa shape index (κ2) is 6.17. The SMILES string of the molecule is CCn1c(-c2cc(C)c(C)cc2C)nn2c(C)cc(C(C)C)c2c1=O.